The van der Waals surface area contributed by atoms with Crippen LogP contribution in [0.1, 0.15) is 20.8 Å². The molecule has 80 valence electrons. The van der Waals surface area contributed by atoms with Gasteiger partial charge in [-0.05, 0) is 32.9 Å². The molecule has 0 saturated heterocycles. The smallest absolute Gasteiger partial charge is 0.213 e. The summed E-state index contributed by atoms with van der Waals surface area (Å²) < 4.78 is 17.7. The van der Waals surface area contributed by atoms with Crippen LogP contribution in [0.5, 0.6) is 5.75 Å². The van der Waals surface area contributed by atoms with Gasteiger partial charge in [-0.1, -0.05) is 11.8 Å². The fraction of sp³-hybridized carbons (Fsp3) is 0.417. The molecule has 0 aliphatic heterocycles. The van der Waals surface area contributed by atoms with Crippen molar-refractivity contribution in [2.75, 3.05) is 6.61 Å². The Morgan fingerprint density at radius 3 is 2.67 bits per heavy atom. The molecule has 0 radical (unpaired) electrons. The number of pyridine rings is 1. The molecule has 0 aliphatic rings. The molecule has 3 heteroatoms. The summed E-state index contributed by atoms with van der Waals surface area (Å²) in [6.07, 6.45) is 1.34. The lowest BCUT2D eigenvalue weighted by Crippen LogP contribution is -2.01. The van der Waals surface area contributed by atoms with Gasteiger partial charge in [0.05, 0.1) is 6.20 Å². The molecule has 2 nitrogen and oxygen atoms in total. The van der Waals surface area contributed by atoms with Crippen molar-refractivity contribution < 1.29 is 9.13 Å². The molecule has 1 aromatic rings. The van der Waals surface area contributed by atoms with Crippen LogP contribution < -0.4 is 4.74 Å². The third-order valence-corrected chi connectivity index (χ3v) is 1.47. The van der Waals surface area contributed by atoms with E-state index in [9.17, 15) is 4.39 Å². The Morgan fingerprint density at radius 1 is 1.40 bits per heavy atom. The van der Waals surface area contributed by atoms with Gasteiger partial charge < -0.3 is 4.74 Å². The van der Waals surface area contributed by atoms with E-state index in [1.807, 2.05) is 20.8 Å². The van der Waals surface area contributed by atoms with Crippen LogP contribution in [0.2, 0.25) is 0 Å². The van der Waals surface area contributed by atoms with Gasteiger partial charge in [-0.15, -0.1) is 0 Å². The summed E-state index contributed by atoms with van der Waals surface area (Å²) in [6.45, 7) is 6.38. The molecule has 0 aromatic carbocycles. The number of ether oxygens (including phenoxy) is 1. The minimum Gasteiger partial charge on any atom is -0.479 e. The van der Waals surface area contributed by atoms with Crippen LogP contribution in [0.15, 0.2) is 18.3 Å². The first-order valence-corrected chi connectivity index (χ1v) is 4.72. The Hall–Kier alpha value is -1.56. The van der Waals surface area contributed by atoms with Crippen molar-refractivity contribution in [3.05, 3.63) is 24.3 Å². The number of hydrogen-bond acceptors (Lipinski definition) is 2. The highest BCUT2D eigenvalue weighted by Crippen LogP contribution is 2.10. The summed E-state index contributed by atoms with van der Waals surface area (Å²) >= 11 is 0. The van der Waals surface area contributed by atoms with E-state index in [4.69, 9.17) is 4.74 Å². The minimum absolute atomic E-state index is 0.0234. The Bertz CT molecular complexity index is 367. The first-order chi connectivity index (χ1) is 6.97. The Balaban J connectivity index is 2.44. The van der Waals surface area contributed by atoms with Gasteiger partial charge in [-0.25, -0.2) is 4.98 Å². The molecule has 0 N–H and O–H groups in total. The number of rotatable bonds is 2. The predicted molar refractivity (Wildman–Crippen MR) is 56.9 cm³/mol. The number of hydrogen-bond donors (Lipinski definition) is 0. The second-order valence-electron chi connectivity index (χ2n) is 4.16. The summed E-state index contributed by atoms with van der Waals surface area (Å²) in [5.41, 5.74) is -0.0234. The van der Waals surface area contributed by atoms with Crippen LogP contribution in [-0.4, -0.2) is 11.6 Å². The van der Waals surface area contributed by atoms with E-state index >= 15 is 0 Å². The van der Waals surface area contributed by atoms with Crippen molar-refractivity contribution in [2.45, 2.75) is 20.8 Å². The summed E-state index contributed by atoms with van der Waals surface area (Å²) in [6, 6.07) is 2.79. The molecular formula is C12H14FNO. The maximum absolute atomic E-state index is 12.4. The SMILES string of the molecule is CC(C)(C)C#CCOc1ccc(F)nc1. The minimum atomic E-state index is -0.511. The van der Waals surface area contributed by atoms with E-state index in [2.05, 4.69) is 16.8 Å². The Morgan fingerprint density at radius 2 is 2.13 bits per heavy atom. The molecule has 1 heterocycles. The molecular weight excluding hydrogens is 193 g/mol. The molecule has 0 fully saturated rings. The van der Waals surface area contributed by atoms with Gasteiger partial charge in [0.25, 0.3) is 0 Å². The third-order valence-electron chi connectivity index (χ3n) is 1.47. The molecule has 0 amide bonds. The second kappa shape index (κ2) is 4.79. The maximum Gasteiger partial charge on any atom is 0.213 e. The summed E-state index contributed by atoms with van der Waals surface area (Å²) in [7, 11) is 0. The van der Waals surface area contributed by atoms with E-state index in [1.54, 1.807) is 0 Å². The molecule has 1 rings (SSSR count). The van der Waals surface area contributed by atoms with Crippen LogP contribution in [0.4, 0.5) is 4.39 Å². The van der Waals surface area contributed by atoms with E-state index in [0.717, 1.165) is 0 Å². The molecule has 0 atom stereocenters. The van der Waals surface area contributed by atoms with Crippen molar-refractivity contribution in [3.63, 3.8) is 0 Å². The zero-order valence-corrected chi connectivity index (χ0v) is 9.17. The average molecular weight is 207 g/mol. The maximum atomic E-state index is 12.4. The van der Waals surface area contributed by atoms with Crippen LogP contribution in [0.3, 0.4) is 0 Å². The number of aromatic nitrogens is 1. The van der Waals surface area contributed by atoms with E-state index in [-0.39, 0.29) is 5.41 Å². The topological polar surface area (TPSA) is 22.1 Å². The number of halogens is 1. The van der Waals surface area contributed by atoms with Crippen molar-refractivity contribution in [3.8, 4) is 17.6 Å². The van der Waals surface area contributed by atoms with Gasteiger partial charge in [0.2, 0.25) is 5.95 Å². The second-order valence-corrected chi connectivity index (χ2v) is 4.16. The van der Waals surface area contributed by atoms with Crippen LogP contribution >= 0.6 is 0 Å². The van der Waals surface area contributed by atoms with Gasteiger partial charge in [0.15, 0.2) is 0 Å². The first kappa shape index (κ1) is 11.5. The van der Waals surface area contributed by atoms with Crippen LogP contribution in [-0.2, 0) is 0 Å². The van der Waals surface area contributed by atoms with E-state index in [1.165, 1.54) is 18.3 Å². The largest absolute Gasteiger partial charge is 0.479 e. The van der Waals surface area contributed by atoms with E-state index < -0.39 is 5.95 Å². The van der Waals surface area contributed by atoms with Crippen molar-refractivity contribution in [2.24, 2.45) is 5.41 Å². The third kappa shape index (κ3) is 5.02. The van der Waals surface area contributed by atoms with Crippen molar-refractivity contribution in [1.82, 2.24) is 4.98 Å². The predicted octanol–water partition coefficient (Wildman–Crippen LogP) is 2.65. The molecule has 0 spiro atoms. The van der Waals surface area contributed by atoms with Crippen LogP contribution in [0.25, 0.3) is 0 Å². The standard InChI is InChI=1S/C12H14FNO/c1-12(2,3)7-4-8-15-10-5-6-11(13)14-9-10/h5-6,9H,8H2,1-3H3. The highest BCUT2D eigenvalue weighted by molar-refractivity contribution is 5.17. The normalized spacial score (nSPS) is 10.4. The monoisotopic (exact) mass is 207 g/mol. The Labute approximate surface area is 89.5 Å². The van der Waals surface area contributed by atoms with Crippen LogP contribution in [0, 0.1) is 23.2 Å². The van der Waals surface area contributed by atoms with Gasteiger partial charge in [-0.3, -0.25) is 0 Å². The summed E-state index contributed by atoms with van der Waals surface area (Å²) in [4.78, 5) is 3.47. The average Bonchev–Trinajstić information content (AvgIpc) is 2.14. The van der Waals surface area contributed by atoms with E-state index in [0.29, 0.717) is 12.4 Å². The van der Waals surface area contributed by atoms with Gasteiger partial charge >= 0.3 is 0 Å². The quantitative estimate of drug-likeness (QED) is 0.549. The fourth-order valence-electron chi connectivity index (χ4n) is 0.868. The number of nitrogens with zero attached hydrogens (tertiary/aromatic N) is 1. The fourth-order valence-corrected chi connectivity index (χ4v) is 0.868. The lowest BCUT2D eigenvalue weighted by Gasteiger charge is -2.07. The molecule has 0 unspecified atom stereocenters. The molecule has 15 heavy (non-hydrogen) atoms. The zero-order valence-electron chi connectivity index (χ0n) is 9.17. The highest BCUT2D eigenvalue weighted by atomic mass is 19.1. The molecule has 0 saturated carbocycles. The summed E-state index contributed by atoms with van der Waals surface area (Å²) in [5.74, 6) is 5.95. The lowest BCUT2D eigenvalue weighted by molar-refractivity contribution is 0.366. The molecule has 0 bridgehead atoms. The summed E-state index contributed by atoms with van der Waals surface area (Å²) in [5, 5.41) is 0. The molecule has 0 aliphatic carbocycles. The molecule has 1 aromatic heterocycles. The van der Waals surface area contributed by atoms with Crippen molar-refractivity contribution >= 4 is 0 Å². The van der Waals surface area contributed by atoms with Gasteiger partial charge in [-0.2, -0.15) is 4.39 Å². The first-order valence-electron chi connectivity index (χ1n) is 4.72. The highest BCUT2D eigenvalue weighted by Gasteiger charge is 2.02. The lowest BCUT2D eigenvalue weighted by atomic mass is 9.98. The Kier molecular flexibility index (Phi) is 3.68. The van der Waals surface area contributed by atoms with Gasteiger partial charge in [0.1, 0.15) is 12.4 Å². The van der Waals surface area contributed by atoms with Gasteiger partial charge in [0, 0.05) is 5.41 Å². The zero-order chi connectivity index (χ0) is 11.3. The van der Waals surface area contributed by atoms with Crippen molar-refractivity contribution in [1.29, 1.82) is 0 Å².